The van der Waals surface area contributed by atoms with Crippen molar-refractivity contribution >= 4 is 40.1 Å². The van der Waals surface area contributed by atoms with Crippen LogP contribution in [0, 0.1) is 0 Å². The number of amides is 3. The number of benzene rings is 1. The summed E-state index contributed by atoms with van der Waals surface area (Å²) in [6.07, 6.45) is 3.38. The topological polar surface area (TPSA) is 125 Å². The number of anilines is 3. The highest BCUT2D eigenvalue weighted by Crippen LogP contribution is 2.25. The van der Waals surface area contributed by atoms with Gasteiger partial charge in [-0.25, -0.2) is 14.8 Å². The number of rotatable bonds is 5. The van der Waals surface area contributed by atoms with E-state index in [0.29, 0.717) is 43.6 Å². The van der Waals surface area contributed by atoms with Crippen molar-refractivity contribution in [3.8, 4) is 5.75 Å². The maximum absolute atomic E-state index is 12.7. The maximum Gasteiger partial charge on any atom is 0.322 e. The number of hydrogen-bond acceptors (Lipinski definition) is 9. The molecule has 0 unspecified atom stereocenters. The van der Waals surface area contributed by atoms with Crippen LogP contribution in [-0.4, -0.2) is 69.7 Å². The summed E-state index contributed by atoms with van der Waals surface area (Å²) in [5.41, 5.74) is 0.542. The van der Waals surface area contributed by atoms with Crippen LogP contribution in [0.25, 0.3) is 0 Å². The van der Waals surface area contributed by atoms with Crippen molar-refractivity contribution in [2.75, 3.05) is 48.8 Å². The second-order valence-electron chi connectivity index (χ2n) is 6.56. The first-order valence-corrected chi connectivity index (χ1v) is 10.3. The van der Waals surface area contributed by atoms with E-state index in [1.54, 1.807) is 47.6 Å². The molecule has 0 atom stereocenters. The van der Waals surface area contributed by atoms with Crippen molar-refractivity contribution < 1.29 is 14.3 Å². The Bertz CT molecular complexity index is 1050. The predicted octanol–water partition coefficient (Wildman–Crippen LogP) is 1.94. The molecular formula is C19H20N8O3S. The summed E-state index contributed by atoms with van der Waals surface area (Å²) in [5, 5.41) is 9.64. The van der Waals surface area contributed by atoms with E-state index in [-0.39, 0.29) is 16.7 Å². The highest BCUT2D eigenvalue weighted by molar-refractivity contribution is 7.10. The number of piperazine rings is 1. The third kappa shape index (κ3) is 4.69. The summed E-state index contributed by atoms with van der Waals surface area (Å²) in [5.74, 6) is 0.675. The lowest BCUT2D eigenvalue weighted by Crippen LogP contribution is -2.50. The van der Waals surface area contributed by atoms with E-state index in [1.165, 1.54) is 7.11 Å². The second-order valence-corrected chi connectivity index (χ2v) is 7.31. The first-order chi connectivity index (χ1) is 15.2. The Balaban J connectivity index is 1.37. The van der Waals surface area contributed by atoms with E-state index in [4.69, 9.17) is 4.74 Å². The maximum atomic E-state index is 12.7. The van der Waals surface area contributed by atoms with Crippen molar-refractivity contribution in [2.24, 2.45) is 0 Å². The van der Waals surface area contributed by atoms with Gasteiger partial charge in [0.15, 0.2) is 10.7 Å². The number of hydrogen-bond donors (Lipinski definition) is 2. The zero-order valence-electron chi connectivity index (χ0n) is 16.7. The lowest BCUT2D eigenvalue weighted by atomic mass is 10.3. The van der Waals surface area contributed by atoms with Gasteiger partial charge in [-0.2, -0.15) is 0 Å². The minimum atomic E-state index is -0.486. The van der Waals surface area contributed by atoms with E-state index < -0.39 is 5.91 Å². The van der Waals surface area contributed by atoms with Crippen molar-refractivity contribution in [3.05, 3.63) is 48.4 Å². The fourth-order valence-electron chi connectivity index (χ4n) is 3.09. The summed E-state index contributed by atoms with van der Waals surface area (Å²) in [4.78, 5) is 37.5. The fraction of sp³-hybridized carbons (Fsp3) is 0.263. The van der Waals surface area contributed by atoms with Gasteiger partial charge in [0.2, 0.25) is 5.95 Å². The van der Waals surface area contributed by atoms with Gasteiger partial charge < -0.3 is 19.9 Å². The van der Waals surface area contributed by atoms with E-state index in [9.17, 15) is 9.59 Å². The lowest BCUT2D eigenvalue weighted by molar-refractivity contribution is 0.102. The van der Waals surface area contributed by atoms with Crippen molar-refractivity contribution in [3.63, 3.8) is 0 Å². The Morgan fingerprint density at radius 2 is 1.77 bits per heavy atom. The average molecular weight is 440 g/mol. The van der Waals surface area contributed by atoms with Crippen LogP contribution in [0.2, 0.25) is 0 Å². The Labute approximate surface area is 182 Å². The zero-order chi connectivity index (χ0) is 21.6. The zero-order valence-corrected chi connectivity index (χ0v) is 17.5. The molecule has 0 saturated carbocycles. The highest BCUT2D eigenvalue weighted by Gasteiger charge is 2.25. The summed E-state index contributed by atoms with van der Waals surface area (Å²) in [6, 6.07) is 8.47. The third-order valence-corrected chi connectivity index (χ3v) is 5.32. The van der Waals surface area contributed by atoms with Crippen LogP contribution < -0.4 is 20.3 Å². The number of ether oxygens (including phenoxy) is 1. The molecule has 3 heterocycles. The predicted molar refractivity (Wildman–Crippen MR) is 116 cm³/mol. The molecule has 1 saturated heterocycles. The minimum Gasteiger partial charge on any atom is -0.495 e. The SMILES string of the molecule is COc1ccccc1NC(=O)c1nnsc1NC(=O)N1CCN(c2ncccn2)CC1. The number of urea groups is 1. The molecular weight excluding hydrogens is 420 g/mol. The van der Waals surface area contributed by atoms with Gasteiger partial charge in [-0.15, -0.1) is 5.10 Å². The van der Waals surface area contributed by atoms with E-state index >= 15 is 0 Å². The number of nitrogens with one attached hydrogen (secondary N) is 2. The smallest absolute Gasteiger partial charge is 0.322 e. The fourth-order valence-corrected chi connectivity index (χ4v) is 3.65. The van der Waals surface area contributed by atoms with Gasteiger partial charge in [0.25, 0.3) is 5.91 Å². The summed E-state index contributed by atoms with van der Waals surface area (Å²) in [6.45, 7) is 2.22. The van der Waals surface area contributed by atoms with Gasteiger partial charge >= 0.3 is 6.03 Å². The standard InChI is InChI=1S/C19H20N8O3S/c1-30-14-6-3-2-5-13(14)22-16(28)15-17(31-25-24-15)23-19(29)27-11-9-26(10-12-27)18-20-7-4-8-21-18/h2-8H,9-12H2,1H3,(H,22,28)(H,23,29). The quantitative estimate of drug-likeness (QED) is 0.617. The molecule has 4 rings (SSSR count). The molecule has 2 N–H and O–H groups in total. The van der Waals surface area contributed by atoms with Gasteiger partial charge in [-0.1, -0.05) is 16.6 Å². The van der Waals surface area contributed by atoms with Crippen LogP contribution in [0.4, 0.5) is 21.4 Å². The molecule has 0 aliphatic carbocycles. The van der Waals surface area contributed by atoms with Gasteiger partial charge in [-0.05, 0) is 18.2 Å². The highest BCUT2D eigenvalue weighted by atomic mass is 32.1. The van der Waals surface area contributed by atoms with Crippen LogP contribution in [0.5, 0.6) is 5.75 Å². The number of carbonyl (C=O) groups excluding carboxylic acids is 2. The molecule has 1 fully saturated rings. The van der Waals surface area contributed by atoms with Crippen molar-refractivity contribution in [1.82, 2.24) is 24.5 Å². The molecule has 0 radical (unpaired) electrons. The molecule has 2 aromatic heterocycles. The summed E-state index contributed by atoms with van der Waals surface area (Å²) < 4.78 is 9.06. The van der Waals surface area contributed by atoms with E-state index in [2.05, 4.69) is 30.2 Å². The number of carbonyl (C=O) groups is 2. The largest absolute Gasteiger partial charge is 0.495 e. The van der Waals surface area contributed by atoms with Crippen LogP contribution >= 0.6 is 11.5 Å². The van der Waals surface area contributed by atoms with E-state index in [0.717, 1.165) is 11.5 Å². The third-order valence-electron chi connectivity index (χ3n) is 4.68. The number of nitrogens with zero attached hydrogens (tertiary/aromatic N) is 6. The van der Waals surface area contributed by atoms with Gasteiger partial charge in [0.05, 0.1) is 12.8 Å². The molecule has 1 aromatic carbocycles. The monoisotopic (exact) mass is 440 g/mol. The number of methoxy groups -OCH3 is 1. The van der Waals surface area contributed by atoms with Crippen molar-refractivity contribution in [2.45, 2.75) is 0 Å². The molecule has 1 aliphatic heterocycles. The normalized spacial score (nSPS) is 13.6. The second kappa shape index (κ2) is 9.34. The Hall–Kier alpha value is -3.80. The molecule has 0 bridgehead atoms. The lowest BCUT2D eigenvalue weighted by Gasteiger charge is -2.34. The molecule has 3 amide bonds. The first kappa shape index (κ1) is 20.5. The molecule has 0 spiro atoms. The average Bonchev–Trinajstić information content (AvgIpc) is 3.28. The van der Waals surface area contributed by atoms with Gasteiger partial charge in [0, 0.05) is 50.1 Å². The summed E-state index contributed by atoms with van der Waals surface area (Å²) in [7, 11) is 1.52. The molecule has 12 heteroatoms. The Morgan fingerprint density at radius 1 is 1.03 bits per heavy atom. The van der Waals surface area contributed by atoms with Crippen LogP contribution in [0.1, 0.15) is 10.5 Å². The van der Waals surface area contributed by atoms with Gasteiger partial charge in [-0.3, -0.25) is 10.1 Å². The first-order valence-electron chi connectivity index (χ1n) is 9.50. The Kier molecular flexibility index (Phi) is 6.17. The molecule has 3 aromatic rings. The van der Waals surface area contributed by atoms with Crippen LogP contribution in [-0.2, 0) is 0 Å². The van der Waals surface area contributed by atoms with Gasteiger partial charge in [0.1, 0.15) is 5.75 Å². The summed E-state index contributed by atoms with van der Waals surface area (Å²) >= 11 is 0.946. The number of aromatic nitrogens is 4. The number of para-hydroxylation sites is 2. The Morgan fingerprint density at radius 3 is 2.52 bits per heavy atom. The van der Waals surface area contributed by atoms with E-state index in [1.807, 2.05) is 4.90 Å². The minimum absolute atomic E-state index is 0.0422. The molecule has 31 heavy (non-hydrogen) atoms. The van der Waals surface area contributed by atoms with Crippen molar-refractivity contribution in [1.29, 1.82) is 0 Å². The molecule has 1 aliphatic rings. The molecule has 160 valence electrons. The van der Waals surface area contributed by atoms with Crippen LogP contribution in [0.3, 0.4) is 0 Å². The molecule has 11 nitrogen and oxygen atoms in total. The van der Waals surface area contributed by atoms with Crippen LogP contribution in [0.15, 0.2) is 42.7 Å².